The Kier molecular flexibility index (Phi) is 5.24. The minimum atomic E-state index is -4.92. The van der Waals surface area contributed by atoms with Gasteiger partial charge in [-0.25, -0.2) is 9.37 Å². The van der Waals surface area contributed by atoms with Crippen LogP contribution in [0.15, 0.2) is 29.1 Å². The van der Waals surface area contributed by atoms with Crippen LogP contribution in [0.2, 0.25) is 0 Å². The van der Waals surface area contributed by atoms with E-state index in [0.29, 0.717) is 6.07 Å². The average Bonchev–Trinajstić information content (AvgIpc) is 2.44. The van der Waals surface area contributed by atoms with E-state index in [0.717, 1.165) is 18.2 Å². The lowest BCUT2D eigenvalue weighted by atomic mass is 9.94. The predicted molar refractivity (Wildman–Crippen MR) is 80.0 cm³/mol. The first-order chi connectivity index (χ1) is 11.5. The lowest BCUT2D eigenvalue weighted by Crippen LogP contribution is -2.17. The van der Waals surface area contributed by atoms with Crippen molar-refractivity contribution in [2.24, 2.45) is 0 Å². The number of aromatic amines is 1. The second-order valence-electron chi connectivity index (χ2n) is 5.48. The summed E-state index contributed by atoms with van der Waals surface area (Å²) in [5.74, 6) is -2.44. The van der Waals surface area contributed by atoms with Gasteiger partial charge in [0.05, 0.1) is 0 Å². The summed E-state index contributed by atoms with van der Waals surface area (Å²) >= 11 is 0. The van der Waals surface area contributed by atoms with Crippen LogP contribution < -0.4 is 10.3 Å². The molecule has 0 radical (unpaired) electrons. The van der Waals surface area contributed by atoms with Crippen molar-refractivity contribution < 1.29 is 27.1 Å². The van der Waals surface area contributed by atoms with Crippen LogP contribution in [0.1, 0.15) is 41.1 Å². The highest BCUT2D eigenvalue weighted by Crippen LogP contribution is 2.29. The summed E-state index contributed by atoms with van der Waals surface area (Å²) in [5.41, 5.74) is -0.474. The molecular weight excluding hydrogens is 344 g/mol. The van der Waals surface area contributed by atoms with Crippen LogP contribution in [0.25, 0.3) is 0 Å². The van der Waals surface area contributed by atoms with Crippen LogP contribution in [0, 0.1) is 12.7 Å². The molecule has 2 rings (SSSR count). The Morgan fingerprint density at radius 3 is 2.56 bits per heavy atom. The molecule has 1 atom stereocenters. The van der Waals surface area contributed by atoms with Crippen molar-refractivity contribution in [3.8, 4) is 5.75 Å². The van der Waals surface area contributed by atoms with Gasteiger partial charge in [0, 0.05) is 18.6 Å². The van der Waals surface area contributed by atoms with Gasteiger partial charge in [-0.2, -0.15) is 0 Å². The lowest BCUT2D eigenvalue weighted by Gasteiger charge is -2.14. The standard InChI is InChI=1S/C16H14F4N2O3/c1-8(5-14(23)13-7-15(24)22-9(2)21-13)11-4-3-10(6-12(11)17)25-16(18,19)20/h3-4,6-8H,5H2,1-2H3,(H,21,22,24)/t8-/m0/s1. The summed E-state index contributed by atoms with van der Waals surface area (Å²) in [6, 6.07) is 3.76. The van der Waals surface area contributed by atoms with Crippen LogP contribution in [0.3, 0.4) is 0 Å². The molecule has 5 nitrogen and oxygen atoms in total. The molecule has 0 amide bonds. The number of nitrogens with one attached hydrogen (secondary N) is 1. The molecule has 0 spiro atoms. The Bertz CT molecular complexity index is 846. The summed E-state index contributed by atoms with van der Waals surface area (Å²) in [5, 5.41) is 0. The lowest BCUT2D eigenvalue weighted by molar-refractivity contribution is -0.274. The second kappa shape index (κ2) is 7.04. The van der Waals surface area contributed by atoms with Crippen LogP contribution in [0.5, 0.6) is 5.75 Å². The van der Waals surface area contributed by atoms with E-state index in [-0.39, 0.29) is 23.5 Å². The van der Waals surface area contributed by atoms with Gasteiger partial charge in [-0.05, 0) is 24.5 Å². The van der Waals surface area contributed by atoms with E-state index in [2.05, 4.69) is 14.7 Å². The highest BCUT2D eigenvalue weighted by molar-refractivity contribution is 5.94. The zero-order valence-corrected chi connectivity index (χ0v) is 13.3. The van der Waals surface area contributed by atoms with Crippen molar-refractivity contribution in [3.05, 3.63) is 57.5 Å². The molecule has 134 valence electrons. The number of carbonyl (C=O) groups excluding carboxylic acids is 1. The molecule has 1 aromatic heterocycles. The summed E-state index contributed by atoms with van der Waals surface area (Å²) in [6.45, 7) is 3.06. The fraction of sp³-hybridized carbons (Fsp3) is 0.312. The smallest absolute Gasteiger partial charge is 0.406 e. The number of alkyl halides is 3. The molecule has 25 heavy (non-hydrogen) atoms. The second-order valence-corrected chi connectivity index (χ2v) is 5.48. The first kappa shape index (κ1) is 18.6. The van der Waals surface area contributed by atoms with Crippen LogP contribution >= 0.6 is 0 Å². The molecule has 1 heterocycles. The topological polar surface area (TPSA) is 72.0 Å². The van der Waals surface area contributed by atoms with Gasteiger partial charge in [0.25, 0.3) is 5.56 Å². The van der Waals surface area contributed by atoms with Gasteiger partial charge in [0.15, 0.2) is 5.78 Å². The first-order valence-corrected chi connectivity index (χ1v) is 7.21. The van der Waals surface area contributed by atoms with Crippen molar-refractivity contribution in [1.29, 1.82) is 0 Å². The van der Waals surface area contributed by atoms with Crippen LogP contribution in [-0.4, -0.2) is 22.1 Å². The Hall–Kier alpha value is -2.71. The number of nitrogens with zero attached hydrogens (tertiary/aromatic N) is 1. The average molecular weight is 358 g/mol. The number of H-pyrrole nitrogens is 1. The van der Waals surface area contributed by atoms with Crippen molar-refractivity contribution >= 4 is 5.78 Å². The largest absolute Gasteiger partial charge is 0.573 e. The third kappa shape index (κ3) is 5.13. The maximum absolute atomic E-state index is 14.0. The predicted octanol–water partition coefficient (Wildman–Crippen LogP) is 3.49. The number of rotatable bonds is 5. The Balaban J connectivity index is 2.16. The van der Waals surface area contributed by atoms with E-state index in [4.69, 9.17) is 0 Å². The van der Waals surface area contributed by atoms with E-state index in [1.807, 2.05) is 0 Å². The Labute approximate surface area is 139 Å². The molecule has 0 unspecified atom stereocenters. The summed E-state index contributed by atoms with van der Waals surface area (Å²) < 4.78 is 54.1. The number of ketones is 1. The number of hydrogen-bond acceptors (Lipinski definition) is 4. The Morgan fingerprint density at radius 2 is 2.00 bits per heavy atom. The zero-order valence-electron chi connectivity index (χ0n) is 13.3. The van der Waals surface area contributed by atoms with Gasteiger partial charge in [-0.1, -0.05) is 13.0 Å². The summed E-state index contributed by atoms with van der Waals surface area (Å²) in [4.78, 5) is 29.9. The fourth-order valence-corrected chi connectivity index (χ4v) is 2.32. The molecule has 0 aliphatic heterocycles. The molecule has 0 aliphatic rings. The molecule has 1 N–H and O–H groups in total. The number of Topliss-reactive ketones (excluding diaryl/α,β-unsaturated/α-hetero) is 1. The number of aryl methyl sites for hydroxylation is 1. The number of ether oxygens (including phenoxy) is 1. The summed E-state index contributed by atoms with van der Waals surface area (Å²) in [7, 11) is 0. The van der Waals surface area contributed by atoms with Gasteiger partial charge < -0.3 is 9.72 Å². The van der Waals surface area contributed by atoms with E-state index < -0.39 is 35.2 Å². The number of halogens is 4. The van der Waals surface area contributed by atoms with E-state index in [1.165, 1.54) is 6.92 Å². The van der Waals surface area contributed by atoms with Gasteiger partial charge in [0.1, 0.15) is 23.1 Å². The third-order valence-corrected chi connectivity index (χ3v) is 3.37. The highest BCUT2D eigenvalue weighted by Gasteiger charge is 2.31. The fourth-order valence-electron chi connectivity index (χ4n) is 2.32. The van der Waals surface area contributed by atoms with Crippen LogP contribution in [-0.2, 0) is 0 Å². The van der Waals surface area contributed by atoms with Crippen molar-refractivity contribution in [3.63, 3.8) is 0 Å². The van der Waals surface area contributed by atoms with Gasteiger partial charge in [-0.15, -0.1) is 13.2 Å². The van der Waals surface area contributed by atoms with Gasteiger partial charge in [-0.3, -0.25) is 9.59 Å². The maximum atomic E-state index is 14.0. The SMILES string of the molecule is Cc1nc(C(=O)C[C@H](C)c2ccc(OC(F)(F)F)cc2F)cc(=O)[nH]1. The quantitative estimate of drug-likeness (QED) is 0.656. The number of hydrogen-bond donors (Lipinski definition) is 1. The summed E-state index contributed by atoms with van der Waals surface area (Å²) in [6.07, 6.45) is -5.08. The molecule has 0 saturated heterocycles. The minimum Gasteiger partial charge on any atom is -0.406 e. The third-order valence-electron chi connectivity index (χ3n) is 3.37. The van der Waals surface area contributed by atoms with Crippen molar-refractivity contribution in [1.82, 2.24) is 9.97 Å². The normalized spacial score (nSPS) is 12.7. The molecule has 9 heteroatoms. The van der Waals surface area contributed by atoms with Crippen LogP contribution in [0.4, 0.5) is 17.6 Å². The molecule has 2 aromatic rings. The highest BCUT2D eigenvalue weighted by atomic mass is 19.4. The van der Waals surface area contributed by atoms with Crippen molar-refractivity contribution in [2.45, 2.75) is 32.5 Å². The van der Waals surface area contributed by atoms with Gasteiger partial charge >= 0.3 is 6.36 Å². The molecular formula is C16H14F4N2O3. The van der Waals surface area contributed by atoms with Gasteiger partial charge in [0.2, 0.25) is 0 Å². The number of benzene rings is 1. The first-order valence-electron chi connectivity index (χ1n) is 7.21. The molecule has 0 saturated carbocycles. The zero-order chi connectivity index (χ0) is 18.8. The number of carbonyl (C=O) groups is 1. The number of aromatic nitrogens is 2. The molecule has 0 fully saturated rings. The monoisotopic (exact) mass is 358 g/mol. The minimum absolute atomic E-state index is 0.0504. The van der Waals surface area contributed by atoms with Crippen molar-refractivity contribution in [2.75, 3.05) is 0 Å². The molecule has 0 bridgehead atoms. The maximum Gasteiger partial charge on any atom is 0.573 e. The Morgan fingerprint density at radius 1 is 1.32 bits per heavy atom. The molecule has 0 aliphatic carbocycles. The molecule has 1 aromatic carbocycles. The van der Waals surface area contributed by atoms with E-state index in [9.17, 15) is 27.2 Å². The van der Waals surface area contributed by atoms with E-state index in [1.54, 1.807) is 6.92 Å². The van der Waals surface area contributed by atoms with E-state index >= 15 is 0 Å².